The second kappa shape index (κ2) is 3.51. The van der Waals surface area contributed by atoms with Gasteiger partial charge in [-0.2, -0.15) is 0 Å². The van der Waals surface area contributed by atoms with Crippen LogP contribution in [0.2, 0.25) is 0 Å². The Bertz CT molecular complexity index is 317. The van der Waals surface area contributed by atoms with Crippen molar-refractivity contribution in [2.75, 3.05) is 12.8 Å². The lowest BCUT2D eigenvalue weighted by atomic mass is 10.3. The summed E-state index contributed by atoms with van der Waals surface area (Å²) in [5, 5.41) is 0. The van der Waals surface area contributed by atoms with Crippen LogP contribution in [0.1, 0.15) is 12.1 Å². The Hall–Kier alpha value is -1.46. The predicted octanol–water partition coefficient (Wildman–Crippen LogP) is 1.75. The molecule has 0 fully saturated rings. The summed E-state index contributed by atoms with van der Waals surface area (Å²) >= 11 is 0. The van der Waals surface area contributed by atoms with Crippen molar-refractivity contribution in [3.05, 3.63) is 17.7 Å². The molecule has 0 amide bonds. The third-order valence-electron chi connectivity index (χ3n) is 1.48. The SMILES string of the molecule is COc1cnc(C(F)F)c(N)c1F. The average molecular weight is 192 g/mol. The lowest BCUT2D eigenvalue weighted by Crippen LogP contribution is -2.03. The van der Waals surface area contributed by atoms with Crippen LogP contribution in [0.3, 0.4) is 0 Å². The van der Waals surface area contributed by atoms with Gasteiger partial charge in [0.1, 0.15) is 5.69 Å². The molecule has 0 saturated carbocycles. The largest absolute Gasteiger partial charge is 0.492 e. The zero-order chi connectivity index (χ0) is 10.0. The van der Waals surface area contributed by atoms with E-state index in [2.05, 4.69) is 9.72 Å². The molecule has 1 rings (SSSR count). The number of anilines is 1. The molecule has 0 aliphatic rings. The van der Waals surface area contributed by atoms with Crippen LogP contribution >= 0.6 is 0 Å². The number of methoxy groups -OCH3 is 1. The second-order valence-corrected chi connectivity index (χ2v) is 2.24. The molecule has 3 nitrogen and oxygen atoms in total. The smallest absolute Gasteiger partial charge is 0.282 e. The molecule has 0 aliphatic heterocycles. The third kappa shape index (κ3) is 1.66. The summed E-state index contributed by atoms with van der Waals surface area (Å²) in [6.45, 7) is 0. The molecule has 0 aromatic carbocycles. The highest BCUT2D eigenvalue weighted by Gasteiger charge is 2.19. The lowest BCUT2D eigenvalue weighted by molar-refractivity contribution is 0.146. The molecule has 13 heavy (non-hydrogen) atoms. The number of halogens is 3. The van der Waals surface area contributed by atoms with E-state index in [0.29, 0.717) is 0 Å². The maximum atomic E-state index is 13.0. The van der Waals surface area contributed by atoms with Crippen molar-refractivity contribution in [1.29, 1.82) is 0 Å². The topological polar surface area (TPSA) is 48.1 Å². The van der Waals surface area contributed by atoms with Gasteiger partial charge < -0.3 is 10.5 Å². The van der Waals surface area contributed by atoms with Gasteiger partial charge in [0.2, 0.25) is 0 Å². The molecule has 0 atom stereocenters. The number of nitrogen functional groups attached to an aromatic ring is 1. The van der Waals surface area contributed by atoms with Gasteiger partial charge in [0, 0.05) is 0 Å². The average Bonchev–Trinajstić information content (AvgIpc) is 2.09. The van der Waals surface area contributed by atoms with E-state index >= 15 is 0 Å². The summed E-state index contributed by atoms with van der Waals surface area (Å²) in [5.41, 5.74) is 3.63. The van der Waals surface area contributed by atoms with Gasteiger partial charge in [-0.05, 0) is 0 Å². The van der Waals surface area contributed by atoms with Crippen molar-refractivity contribution in [3.63, 3.8) is 0 Å². The molecular formula is C7H7F3N2O. The van der Waals surface area contributed by atoms with Crippen LogP contribution in [0.5, 0.6) is 5.75 Å². The quantitative estimate of drug-likeness (QED) is 0.776. The Labute approximate surface area is 72.3 Å². The van der Waals surface area contributed by atoms with Crippen LogP contribution in [0, 0.1) is 5.82 Å². The number of aromatic nitrogens is 1. The van der Waals surface area contributed by atoms with E-state index in [9.17, 15) is 13.2 Å². The Kier molecular flexibility index (Phi) is 2.60. The first-order valence-electron chi connectivity index (χ1n) is 3.34. The molecule has 2 N–H and O–H groups in total. The van der Waals surface area contributed by atoms with Crippen LogP contribution in [0.25, 0.3) is 0 Å². The van der Waals surface area contributed by atoms with E-state index in [1.54, 1.807) is 0 Å². The molecule has 72 valence electrons. The molecular weight excluding hydrogens is 185 g/mol. The number of ether oxygens (including phenoxy) is 1. The summed E-state index contributed by atoms with van der Waals surface area (Å²) in [6.07, 6.45) is -2.02. The molecule has 0 saturated heterocycles. The van der Waals surface area contributed by atoms with Gasteiger partial charge >= 0.3 is 0 Å². The van der Waals surface area contributed by atoms with Crippen LogP contribution < -0.4 is 10.5 Å². The number of pyridine rings is 1. The summed E-state index contributed by atoms with van der Waals surface area (Å²) in [5.74, 6) is -1.25. The van der Waals surface area contributed by atoms with Gasteiger partial charge in [0.05, 0.1) is 19.0 Å². The fourth-order valence-corrected chi connectivity index (χ4v) is 0.816. The first kappa shape index (κ1) is 9.63. The van der Waals surface area contributed by atoms with Crippen LogP contribution in [0.4, 0.5) is 18.9 Å². The number of nitrogens with two attached hydrogens (primary N) is 1. The first-order chi connectivity index (χ1) is 6.07. The van der Waals surface area contributed by atoms with E-state index in [1.807, 2.05) is 0 Å². The number of nitrogens with zero attached hydrogens (tertiary/aromatic N) is 1. The fourth-order valence-electron chi connectivity index (χ4n) is 0.816. The summed E-state index contributed by atoms with van der Waals surface area (Å²) < 4.78 is 41.7. The molecule has 1 aromatic rings. The van der Waals surface area contributed by atoms with Gasteiger partial charge in [0.15, 0.2) is 11.6 Å². The van der Waals surface area contributed by atoms with Gasteiger partial charge in [-0.15, -0.1) is 0 Å². The highest BCUT2D eigenvalue weighted by molar-refractivity contribution is 5.49. The van der Waals surface area contributed by atoms with Crippen LogP contribution in [-0.4, -0.2) is 12.1 Å². The maximum absolute atomic E-state index is 13.0. The minimum Gasteiger partial charge on any atom is -0.492 e. The molecule has 0 spiro atoms. The minimum atomic E-state index is -2.89. The maximum Gasteiger partial charge on any atom is 0.282 e. The van der Waals surface area contributed by atoms with Gasteiger partial charge in [-0.3, -0.25) is 0 Å². The Morgan fingerprint density at radius 3 is 2.62 bits per heavy atom. The number of hydrogen-bond donors (Lipinski definition) is 1. The summed E-state index contributed by atoms with van der Waals surface area (Å²) in [7, 11) is 1.20. The monoisotopic (exact) mass is 192 g/mol. The van der Waals surface area contributed by atoms with Gasteiger partial charge in [0.25, 0.3) is 6.43 Å². The van der Waals surface area contributed by atoms with E-state index in [1.165, 1.54) is 7.11 Å². The molecule has 0 unspecified atom stereocenters. The summed E-state index contributed by atoms with van der Waals surface area (Å²) in [6, 6.07) is 0. The summed E-state index contributed by atoms with van der Waals surface area (Å²) in [4.78, 5) is 3.27. The van der Waals surface area contributed by atoms with Crippen molar-refractivity contribution >= 4 is 5.69 Å². The standard InChI is InChI=1S/C7H7F3N2O/c1-13-3-2-12-6(7(9)10)5(11)4(3)8/h2,7H,11H2,1H3. The van der Waals surface area contributed by atoms with Gasteiger partial charge in [-0.25, -0.2) is 18.2 Å². The molecule has 0 aliphatic carbocycles. The van der Waals surface area contributed by atoms with E-state index in [0.717, 1.165) is 6.20 Å². The van der Waals surface area contributed by atoms with Gasteiger partial charge in [-0.1, -0.05) is 0 Å². The van der Waals surface area contributed by atoms with Crippen LogP contribution in [0.15, 0.2) is 6.20 Å². The zero-order valence-corrected chi connectivity index (χ0v) is 6.72. The number of alkyl halides is 2. The highest BCUT2D eigenvalue weighted by Crippen LogP contribution is 2.29. The van der Waals surface area contributed by atoms with E-state index < -0.39 is 23.6 Å². The Morgan fingerprint density at radius 1 is 1.54 bits per heavy atom. The van der Waals surface area contributed by atoms with E-state index in [4.69, 9.17) is 5.73 Å². The minimum absolute atomic E-state index is 0.248. The lowest BCUT2D eigenvalue weighted by Gasteiger charge is -2.07. The predicted molar refractivity (Wildman–Crippen MR) is 40.1 cm³/mol. The molecule has 0 bridgehead atoms. The van der Waals surface area contributed by atoms with Crippen molar-refractivity contribution in [2.45, 2.75) is 6.43 Å². The highest BCUT2D eigenvalue weighted by atomic mass is 19.3. The van der Waals surface area contributed by atoms with Crippen molar-refractivity contribution in [3.8, 4) is 5.75 Å². The molecule has 1 aromatic heterocycles. The molecule has 6 heteroatoms. The van der Waals surface area contributed by atoms with Crippen molar-refractivity contribution < 1.29 is 17.9 Å². The van der Waals surface area contributed by atoms with Crippen molar-refractivity contribution in [2.24, 2.45) is 0 Å². The second-order valence-electron chi connectivity index (χ2n) is 2.24. The first-order valence-corrected chi connectivity index (χ1v) is 3.34. The van der Waals surface area contributed by atoms with Crippen LogP contribution in [-0.2, 0) is 0 Å². The van der Waals surface area contributed by atoms with E-state index in [-0.39, 0.29) is 5.75 Å². The zero-order valence-electron chi connectivity index (χ0n) is 6.72. The number of hydrogen-bond acceptors (Lipinski definition) is 3. The Balaban J connectivity index is 3.23. The third-order valence-corrected chi connectivity index (χ3v) is 1.48. The molecule has 1 heterocycles. The molecule has 0 radical (unpaired) electrons. The fraction of sp³-hybridized carbons (Fsp3) is 0.286. The van der Waals surface area contributed by atoms with Crippen molar-refractivity contribution in [1.82, 2.24) is 4.98 Å². The number of rotatable bonds is 2. The normalized spacial score (nSPS) is 10.5. The Morgan fingerprint density at radius 2 is 2.15 bits per heavy atom.